The molecule has 0 aromatic carbocycles. The van der Waals surface area contributed by atoms with E-state index < -0.39 is 5.97 Å². The van der Waals surface area contributed by atoms with Crippen molar-refractivity contribution in [3.8, 4) is 0 Å². The van der Waals surface area contributed by atoms with Crippen molar-refractivity contribution in [1.82, 2.24) is 10.4 Å². The summed E-state index contributed by atoms with van der Waals surface area (Å²) in [5, 5.41) is 10.1. The molecule has 0 saturated carbocycles. The standard InChI is InChI=1S/C16H32O2.C5H12N2O/c1-2-3-4-5-6-7-8-9-10-11-12-13-14-15-16(17)18;1-4-5(8)6-7(2)3/h2-15H2,1H3,(H,17,18);4H2,1-3H3,(H,6,8). The van der Waals surface area contributed by atoms with Gasteiger partial charge in [-0.15, -0.1) is 0 Å². The third-order valence-corrected chi connectivity index (χ3v) is 4.16. The van der Waals surface area contributed by atoms with Crippen LogP contribution in [0.15, 0.2) is 0 Å². The van der Waals surface area contributed by atoms with E-state index in [4.69, 9.17) is 5.11 Å². The summed E-state index contributed by atoms with van der Waals surface area (Å²) in [6.07, 6.45) is 17.8. The van der Waals surface area contributed by atoms with Crippen molar-refractivity contribution < 1.29 is 14.7 Å². The van der Waals surface area contributed by atoms with Gasteiger partial charge in [0.05, 0.1) is 0 Å². The number of carboxylic acid groups (broad SMARTS) is 1. The first-order chi connectivity index (χ1) is 12.4. The second-order valence-electron chi connectivity index (χ2n) is 7.17. The van der Waals surface area contributed by atoms with E-state index in [1.54, 1.807) is 19.1 Å². The highest BCUT2D eigenvalue weighted by Gasteiger charge is 1.97. The molecule has 0 aromatic rings. The van der Waals surface area contributed by atoms with Crippen LogP contribution in [-0.2, 0) is 9.59 Å². The van der Waals surface area contributed by atoms with Crippen molar-refractivity contribution in [2.75, 3.05) is 14.1 Å². The van der Waals surface area contributed by atoms with E-state index >= 15 is 0 Å². The molecule has 0 radical (unpaired) electrons. The number of nitrogens with zero attached hydrogens (tertiary/aromatic N) is 1. The minimum absolute atomic E-state index is 0.0509. The Morgan fingerprint density at radius 3 is 1.38 bits per heavy atom. The molecule has 1 amide bonds. The van der Waals surface area contributed by atoms with Crippen LogP contribution in [0.5, 0.6) is 0 Å². The number of unbranched alkanes of at least 4 members (excludes halogenated alkanes) is 12. The third-order valence-electron chi connectivity index (χ3n) is 4.16. The number of hydrazine groups is 1. The van der Waals surface area contributed by atoms with Gasteiger partial charge in [0, 0.05) is 26.9 Å². The van der Waals surface area contributed by atoms with Gasteiger partial charge in [0.1, 0.15) is 0 Å². The Morgan fingerprint density at radius 1 is 0.731 bits per heavy atom. The van der Waals surface area contributed by atoms with E-state index in [0.29, 0.717) is 12.8 Å². The van der Waals surface area contributed by atoms with Gasteiger partial charge >= 0.3 is 5.97 Å². The lowest BCUT2D eigenvalue weighted by atomic mass is 10.0. The zero-order valence-corrected chi connectivity index (χ0v) is 17.8. The fraction of sp³-hybridized carbons (Fsp3) is 0.905. The number of carboxylic acids is 1. The first kappa shape index (κ1) is 27.1. The van der Waals surface area contributed by atoms with Gasteiger partial charge in [0.15, 0.2) is 0 Å². The number of nitrogens with one attached hydrogen (secondary N) is 1. The minimum Gasteiger partial charge on any atom is -0.481 e. The molecular weight excluding hydrogens is 328 g/mol. The molecule has 2 N–H and O–H groups in total. The molecule has 0 fully saturated rings. The Bertz CT molecular complexity index is 320. The summed E-state index contributed by atoms with van der Waals surface area (Å²) < 4.78 is 0. The van der Waals surface area contributed by atoms with Gasteiger partial charge in [-0.05, 0) is 6.42 Å². The predicted octanol–water partition coefficient (Wildman–Crippen LogP) is 5.54. The Hall–Kier alpha value is -1.10. The lowest BCUT2D eigenvalue weighted by molar-refractivity contribution is -0.137. The molecule has 0 heterocycles. The Balaban J connectivity index is 0. The topological polar surface area (TPSA) is 69.6 Å². The van der Waals surface area contributed by atoms with E-state index in [0.717, 1.165) is 12.8 Å². The summed E-state index contributed by atoms with van der Waals surface area (Å²) in [7, 11) is 3.57. The van der Waals surface area contributed by atoms with Gasteiger partial charge in [0.25, 0.3) is 0 Å². The first-order valence-electron chi connectivity index (χ1n) is 10.6. The second kappa shape index (κ2) is 21.9. The Morgan fingerprint density at radius 2 is 1.12 bits per heavy atom. The molecular formula is C21H44N2O3. The molecule has 0 rings (SSSR count). The van der Waals surface area contributed by atoms with Crippen LogP contribution in [0, 0.1) is 0 Å². The highest BCUT2D eigenvalue weighted by Crippen LogP contribution is 2.12. The molecule has 0 atom stereocenters. The molecule has 0 bridgehead atoms. The maximum Gasteiger partial charge on any atom is 0.303 e. The van der Waals surface area contributed by atoms with Gasteiger partial charge in [0.2, 0.25) is 5.91 Å². The molecule has 5 nitrogen and oxygen atoms in total. The van der Waals surface area contributed by atoms with Crippen LogP contribution in [0.3, 0.4) is 0 Å². The highest BCUT2D eigenvalue weighted by atomic mass is 16.4. The average molecular weight is 373 g/mol. The average Bonchev–Trinajstić information content (AvgIpc) is 2.58. The van der Waals surface area contributed by atoms with Crippen LogP contribution in [0.4, 0.5) is 0 Å². The molecule has 0 aliphatic rings. The van der Waals surface area contributed by atoms with Crippen molar-refractivity contribution in [2.24, 2.45) is 0 Å². The molecule has 0 aromatic heterocycles. The number of rotatable bonds is 16. The lowest BCUT2D eigenvalue weighted by Crippen LogP contribution is -2.35. The van der Waals surface area contributed by atoms with E-state index in [9.17, 15) is 9.59 Å². The first-order valence-corrected chi connectivity index (χ1v) is 10.6. The molecule has 0 aliphatic carbocycles. The second-order valence-corrected chi connectivity index (χ2v) is 7.17. The van der Waals surface area contributed by atoms with Crippen molar-refractivity contribution in [3.63, 3.8) is 0 Å². The molecule has 0 spiro atoms. The van der Waals surface area contributed by atoms with Gasteiger partial charge < -0.3 is 5.11 Å². The zero-order valence-electron chi connectivity index (χ0n) is 17.8. The van der Waals surface area contributed by atoms with Crippen molar-refractivity contribution in [1.29, 1.82) is 0 Å². The number of amides is 1. The van der Waals surface area contributed by atoms with Gasteiger partial charge in [-0.1, -0.05) is 90.9 Å². The SMILES string of the molecule is CCC(=O)NN(C)C.CCCCCCCCCCCCCCCC(=O)O. The fourth-order valence-electron chi connectivity index (χ4n) is 2.62. The summed E-state index contributed by atoms with van der Waals surface area (Å²) in [5.41, 5.74) is 2.59. The Kier molecular flexibility index (Phi) is 22.9. The molecule has 5 heteroatoms. The highest BCUT2D eigenvalue weighted by molar-refractivity contribution is 5.74. The normalized spacial score (nSPS) is 10.3. The number of carbonyl (C=O) groups is 2. The fourth-order valence-corrected chi connectivity index (χ4v) is 2.62. The largest absolute Gasteiger partial charge is 0.481 e. The number of carbonyl (C=O) groups excluding carboxylic acids is 1. The van der Waals surface area contributed by atoms with E-state index in [1.807, 2.05) is 6.92 Å². The van der Waals surface area contributed by atoms with Crippen LogP contribution in [0.1, 0.15) is 110 Å². The van der Waals surface area contributed by atoms with Crippen molar-refractivity contribution >= 4 is 11.9 Å². The lowest BCUT2D eigenvalue weighted by Gasteiger charge is -2.09. The van der Waals surface area contributed by atoms with Crippen LogP contribution in [0.2, 0.25) is 0 Å². The summed E-state index contributed by atoms with van der Waals surface area (Å²) in [4.78, 5) is 20.8. The smallest absolute Gasteiger partial charge is 0.303 e. The van der Waals surface area contributed by atoms with Gasteiger partial charge in [-0.25, -0.2) is 5.01 Å². The van der Waals surface area contributed by atoms with Gasteiger partial charge in [-0.2, -0.15) is 0 Å². The van der Waals surface area contributed by atoms with E-state index in [2.05, 4.69) is 12.3 Å². The molecule has 26 heavy (non-hydrogen) atoms. The molecule has 0 saturated heterocycles. The van der Waals surface area contributed by atoms with Crippen LogP contribution < -0.4 is 5.43 Å². The monoisotopic (exact) mass is 372 g/mol. The quantitative estimate of drug-likeness (QED) is 0.276. The number of hydrogen-bond acceptors (Lipinski definition) is 3. The summed E-state index contributed by atoms with van der Waals surface area (Å²) in [5.74, 6) is -0.604. The van der Waals surface area contributed by atoms with Crippen molar-refractivity contribution in [3.05, 3.63) is 0 Å². The third kappa shape index (κ3) is 27.7. The maximum atomic E-state index is 10.5. The molecule has 156 valence electrons. The van der Waals surface area contributed by atoms with E-state index in [1.165, 1.54) is 70.6 Å². The van der Waals surface area contributed by atoms with Crippen LogP contribution >= 0.6 is 0 Å². The number of hydrogen-bond donors (Lipinski definition) is 2. The minimum atomic E-state index is -0.655. The van der Waals surface area contributed by atoms with Crippen LogP contribution in [0.25, 0.3) is 0 Å². The Labute approximate surface area is 161 Å². The molecule has 0 aliphatic heterocycles. The predicted molar refractivity (Wildman–Crippen MR) is 110 cm³/mol. The summed E-state index contributed by atoms with van der Waals surface area (Å²) >= 11 is 0. The van der Waals surface area contributed by atoms with Crippen LogP contribution in [-0.4, -0.2) is 36.1 Å². The maximum absolute atomic E-state index is 10.5. The zero-order chi connectivity index (χ0) is 20.0. The summed E-state index contributed by atoms with van der Waals surface area (Å²) in [6.45, 7) is 4.08. The number of aliphatic carboxylic acids is 1. The van der Waals surface area contributed by atoms with Gasteiger partial charge in [-0.3, -0.25) is 15.0 Å². The molecule has 0 unspecified atom stereocenters. The summed E-state index contributed by atoms with van der Waals surface area (Å²) in [6, 6.07) is 0. The van der Waals surface area contributed by atoms with E-state index in [-0.39, 0.29) is 5.91 Å². The van der Waals surface area contributed by atoms with Crippen molar-refractivity contribution in [2.45, 2.75) is 110 Å².